The van der Waals surface area contributed by atoms with Gasteiger partial charge in [0.15, 0.2) is 5.78 Å². The fourth-order valence-electron chi connectivity index (χ4n) is 1.39. The molecule has 0 aromatic heterocycles. The van der Waals surface area contributed by atoms with E-state index in [2.05, 4.69) is 0 Å². The zero-order chi connectivity index (χ0) is 12.9. The predicted octanol–water partition coefficient (Wildman–Crippen LogP) is 0.967. The highest BCUT2D eigenvalue weighted by Crippen LogP contribution is 2.22. The van der Waals surface area contributed by atoms with Gasteiger partial charge in [0, 0.05) is 6.42 Å². The topological polar surface area (TPSA) is 98.4 Å². The van der Waals surface area contributed by atoms with Gasteiger partial charge in [-0.2, -0.15) is 5.26 Å². The van der Waals surface area contributed by atoms with E-state index >= 15 is 0 Å². The molecule has 0 rings (SSSR count). The zero-order valence-electron chi connectivity index (χ0n) is 9.73. The van der Waals surface area contributed by atoms with Crippen LogP contribution in [0.15, 0.2) is 0 Å². The number of hydrogen-bond acceptors (Lipinski definition) is 4. The molecule has 0 aromatic rings. The highest BCUT2D eigenvalue weighted by molar-refractivity contribution is 6.01. The Hall–Kier alpha value is -1.41. The second kappa shape index (κ2) is 5.61. The van der Waals surface area contributed by atoms with Gasteiger partial charge in [-0.1, -0.05) is 20.8 Å². The second-order valence-corrected chi connectivity index (χ2v) is 4.99. The van der Waals surface area contributed by atoms with Crippen molar-refractivity contribution >= 4 is 11.8 Å². The minimum atomic E-state index is -1.67. The smallest absolute Gasteiger partial charge is 0.328 e. The standard InChI is InChI=1S/C11H17NO4/c1-11(2,3)5-7(13)4-9(14)8(6-12)10(15)16/h7-8,13H,4-5H2,1-3H3,(H,15,16). The largest absolute Gasteiger partial charge is 0.480 e. The van der Waals surface area contributed by atoms with Crippen LogP contribution in [0.1, 0.15) is 33.6 Å². The second-order valence-electron chi connectivity index (χ2n) is 4.99. The molecule has 0 bridgehead atoms. The highest BCUT2D eigenvalue weighted by Gasteiger charge is 2.28. The van der Waals surface area contributed by atoms with E-state index in [1.165, 1.54) is 6.07 Å². The Labute approximate surface area is 94.7 Å². The van der Waals surface area contributed by atoms with E-state index in [9.17, 15) is 14.7 Å². The summed E-state index contributed by atoms with van der Waals surface area (Å²) in [6.07, 6.45) is -0.805. The number of nitriles is 1. The van der Waals surface area contributed by atoms with E-state index in [1.807, 2.05) is 20.8 Å². The van der Waals surface area contributed by atoms with Crippen molar-refractivity contribution in [2.45, 2.75) is 39.7 Å². The van der Waals surface area contributed by atoms with Crippen LogP contribution in [-0.2, 0) is 9.59 Å². The summed E-state index contributed by atoms with van der Waals surface area (Å²) in [6.45, 7) is 5.71. The van der Waals surface area contributed by atoms with Crippen LogP contribution >= 0.6 is 0 Å². The van der Waals surface area contributed by atoms with Crippen molar-refractivity contribution in [3.05, 3.63) is 0 Å². The summed E-state index contributed by atoms with van der Waals surface area (Å²) in [5, 5.41) is 26.6. The minimum Gasteiger partial charge on any atom is -0.480 e. The van der Waals surface area contributed by atoms with Crippen LogP contribution in [-0.4, -0.2) is 28.1 Å². The van der Waals surface area contributed by atoms with Gasteiger partial charge in [0.2, 0.25) is 5.92 Å². The van der Waals surface area contributed by atoms with E-state index in [1.54, 1.807) is 0 Å². The van der Waals surface area contributed by atoms with Gasteiger partial charge in [-0.3, -0.25) is 9.59 Å². The van der Waals surface area contributed by atoms with Crippen molar-refractivity contribution in [2.75, 3.05) is 0 Å². The van der Waals surface area contributed by atoms with Gasteiger partial charge in [0.1, 0.15) is 0 Å². The number of carboxylic acid groups (broad SMARTS) is 1. The number of Topliss-reactive ketones (excluding diaryl/α,β-unsaturated/α-hetero) is 1. The third kappa shape index (κ3) is 5.47. The van der Waals surface area contributed by atoms with Gasteiger partial charge in [0.25, 0.3) is 0 Å². The maximum Gasteiger partial charge on any atom is 0.328 e. The fraction of sp³-hybridized carbons (Fsp3) is 0.727. The molecule has 2 N–H and O–H groups in total. The average molecular weight is 227 g/mol. The number of ketones is 1. The van der Waals surface area contributed by atoms with Crippen LogP contribution in [0.5, 0.6) is 0 Å². The maximum absolute atomic E-state index is 11.3. The summed E-state index contributed by atoms with van der Waals surface area (Å²) in [6, 6.07) is 1.41. The van der Waals surface area contributed by atoms with Crippen LogP contribution in [0.4, 0.5) is 0 Å². The molecule has 0 radical (unpaired) electrons. The SMILES string of the molecule is CC(C)(C)CC(O)CC(=O)C(C#N)C(=O)O. The van der Waals surface area contributed by atoms with Crippen molar-refractivity contribution in [1.29, 1.82) is 5.26 Å². The first kappa shape index (κ1) is 14.6. The number of carbonyl (C=O) groups is 2. The van der Waals surface area contributed by atoms with Crippen molar-refractivity contribution in [3.63, 3.8) is 0 Å². The molecule has 0 aliphatic heterocycles. The van der Waals surface area contributed by atoms with E-state index in [-0.39, 0.29) is 11.8 Å². The number of carboxylic acids is 1. The molecular weight excluding hydrogens is 210 g/mol. The molecule has 0 aliphatic carbocycles. The number of carbonyl (C=O) groups excluding carboxylic acids is 1. The Morgan fingerprint density at radius 2 is 1.88 bits per heavy atom. The molecule has 2 unspecified atom stereocenters. The van der Waals surface area contributed by atoms with Crippen LogP contribution in [0.25, 0.3) is 0 Å². The quantitative estimate of drug-likeness (QED) is 0.682. The Balaban J connectivity index is 4.35. The summed E-state index contributed by atoms with van der Waals surface area (Å²) < 4.78 is 0. The first-order valence-corrected chi connectivity index (χ1v) is 5.00. The van der Waals surface area contributed by atoms with Gasteiger partial charge >= 0.3 is 5.97 Å². The zero-order valence-corrected chi connectivity index (χ0v) is 9.73. The Bertz CT molecular complexity index is 311. The van der Waals surface area contributed by atoms with Crippen LogP contribution in [0, 0.1) is 22.7 Å². The number of rotatable bonds is 5. The molecule has 0 saturated heterocycles. The lowest BCUT2D eigenvalue weighted by molar-refractivity contribution is -0.144. The molecule has 16 heavy (non-hydrogen) atoms. The van der Waals surface area contributed by atoms with Crippen molar-refractivity contribution < 1.29 is 19.8 Å². The lowest BCUT2D eigenvalue weighted by Crippen LogP contribution is -2.28. The number of aliphatic hydroxyl groups excluding tert-OH is 1. The molecular formula is C11H17NO4. The molecule has 5 nitrogen and oxygen atoms in total. The number of aliphatic carboxylic acids is 1. The first-order chi connectivity index (χ1) is 7.17. The van der Waals surface area contributed by atoms with Gasteiger partial charge in [-0.25, -0.2) is 0 Å². The van der Waals surface area contributed by atoms with Crippen LogP contribution in [0.3, 0.4) is 0 Å². The lowest BCUT2D eigenvalue weighted by Gasteiger charge is -2.22. The van der Waals surface area contributed by atoms with Crippen molar-refractivity contribution in [3.8, 4) is 6.07 Å². The van der Waals surface area contributed by atoms with E-state index < -0.39 is 23.8 Å². The number of nitrogens with zero attached hydrogens (tertiary/aromatic N) is 1. The third-order valence-electron chi connectivity index (χ3n) is 1.98. The number of hydrogen-bond donors (Lipinski definition) is 2. The lowest BCUT2D eigenvalue weighted by atomic mass is 9.86. The molecule has 0 aliphatic rings. The first-order valence-electron chi connectivity index (χ1n) is 5.00. The molecule has 90 valence electrons. The number of aliphatic hydroxyl groups is 1. The molecule has 0 aromatic carbocycles. The van der Waals surface area contributed by atoms with Gasteiger partial charge in [0.05, 0.1) is 12.2 Å². The summed E-state index contributed by atoms with van der Waals surface area (Å²) in [7, 11) is 0. The molecule has 0 amide bonds. The van der Waals surface area contributed by atoms with Gasteiger partial charge in [-0.15, -0.1) is 0 Å². The molecule has 0 saturated carbocycles. The molecule has 5 heteroatoms. The normalized spacial score (nSPS) is 14.9. The summed E-state index contributed by atoms with van der Waals surface area (Å²) in [4.78, 5) is 21.9. The molecule has 0 heterocycles. The summed E-state index contributed by atoms with van der Waals surface area (Å²) in [5.74, 6) is -3.88. The average Bonchev–Trinajstić information content (AvgIpc) is 1.99. The van der Waals surface area contributed by atoms with E-state index in [0.717, 1.165) is 0 Å². The van der Waals surface area contributed by atoms with Crippen molar-refractivity contribution in [1.82, 2.24) is 0 Å². The molecule has 0 spiro atoms. The minimum absolute atomic E-state index is 0.148. The fourth-order valence-corrected chi connectivity index (χ4v) is 1.39. The van der Waals surface area contributed by atoms with Crippen LogP contribution in [0.2, 0.25) is 0 Å². The van der Waals surface area contributed by atoms with Crippen molar-refractivity contribution in [2.24, 2.45) is 11.3 Å². The Kier molecular flexibility index (Phi) is 5.12. The monoisotopic (exact) mass is 227 g/mol. The highest BCUT2D eigenvalue weighted by atomic mass is 16.4. The third-order valence-corrected chi connectivity index (χ3v) is 1.98. The van der Waals surface area contributed by atoms with E-state index in [4.69, 9.17) is 10.4 Å². The molecule has 2 atom stereocenters. The van der Waals surface area contributed by atoms with Gasteiger partial charge in [-0.05, 0) is 11.8 Å². The summed E-state index contributed by atoms with van der Waals surface area (Å²) in [5.41, 5.74) is -0.148. The molecule has 0 fully saturated rings. The maximum atomic E-state index is 11.3. The predicted molar refractivity (Wildman–Crippen MR) is 56.4 cm³/mol. The Morgan fingerprint density at radius 3 is 2.19 bits per heavy atom. The summed E-state index contributed by atoms with van der Waals surface area (Å²) >= 11 is 0. The van der Waals surface area contributed by atoms with E-state index in [0.29, 0.717) is 6.42 Å². The van der Waals surface area contributed by atoms with Crippen LogP contribution < -0.4 is 0 Å². The Morgan fingerprint density at radius 1 is 1.38 bits per heavy atom. The van der Waals surface area contributed by atoms with Gasteiger partial charge < -0.3 is 10.2 Å².